The van der Waals surface area contributed by atoms with Crippen molar-refractivity contribution in [3.05, 3.63) is 41.6 Å². The number of hydrogen-bond donors (Lipinski definition) is 3. The highest BCUT2D eigenvalue weighted by Gasteiger charge is 2.55. The molecule has 1 unspecified atom stereocenters. The molecule has 4 bridgehead atoms. The average Bonchev–Trinajstić information content (AvgIpc) is 2.85. The molecule has 0 radical (unpaired) electrons. The first-order chi connectivity index (χ1) is 18.4. The molecule has 4 saturated carbocycles. The zero-order valence-corrected chi connectivity index (χ0v) is 20.9. The van der Waals surface area contributed by atoms with Crippen molar-refractivity contribution in [1.29, 1.82) is 5.26 Å². The minimum absolute atomic E-state index is 0.0428. The number of aromatic nitrogens is 2. The van der Waals surface area contributed by atoms with Crippen LogP contribution in [0.3, 0.4) is 0 Å². The molecule has 4 fully saturated rings. The van der Waals surface area contributed by atoms with Gasteiger partial charge < -0.3 is 20.7 Å². The Kier molecular flexibility index (Phi) is 7.26. The zero-order chi connectivity index (χ0) is 27.8. The lowest BCUT2D eigenvalue weighted by molar-refractivity contribution is -0.274. The van der Waals surface area contributed by atoms with Crippen LogP contribution in [-0.2, 0) is 6.54 Å². The highest BCUT2D eigenvalue weighted by Crippen LogP contribution is 2.60. The molecule has 39 heavy (non-hydrogen) atoms. The van der Waals surface area contributed by atoms with Crippen molar-refractivity contribution < 1.29 is 31.1 Å². The Morgan fingerprint density at radius 1 is 1.03 bits per heavy atom. The molecule has 4 aliphatic rings. The SMILES string of the molecule is N#Cc1cnc(NCc2ccccc2OC(F)(F)F)nc1NC[C@@]12CC3C[C@H](C1)[C@@H](NCC(F)(F)F)[C@@H](C3)C2. The van der Waals surface area contributed by atoms with E-state index in [1.807, 2.05) is 0 Å². The third-order valence-electron chi connectivity index (χ3n) is 8.11. The van der Waals surface area contributed by atoms with Crippen molar-refractivity contribution in [3.63, 3.8) is 0 Å². The van der Waals surface area contributed by atoms with Crippen molar-refractivity contribution in [2.45, 2.75) is 57.2 Å². The number of halogens is 6. The van der Waals surface area contributed by atoms with Gasteiger partial charge in [0.1, 0.15) is 23.2 Å². The van der Waals surface area contributed by atoms with Gasteiger partial charge in [0, 0.05) is 24.7 Å². The second-order valence-corrected chi connectivity index (χ2v) is 10.9. The van der Waals surface area contributed by atoms with E-state index in [4.69, 9.17) is 0 Å². The number of anilines is 2. The smallest absolute Gasteiger partial charge is 0.405 e. The first kappa shape index (κ1) is 27.3. The van der Waals surface area contributed by atoms with Crippen LogP contribution in [0, 0.1) is 34.5 Å². The molecule has 0 amide bonds. The molecule has 0 spiro atoms. The maximum absolute atomic E-state index is 12.8. The van der Waals surface area contributed by atoms with E-state index in [0.29, 0.717) is 18.3 Å². The van der Waals surface area contributed by atoms with Crippen molar-refractivity contribution in [1.82, 2.24) is 15.3 Å². The summed E-state index contributed by atoms with van der Waals surface area (Å²) < 4.78 is 80.7. The summed E-state index contributed by atoms with van der Waals surface area (Å²) >= 11 is 0. The fraction of sp³-hybridized carbons (Fsp3) is 0.577. The lowest BCUT2D eigenvalue weighted by Gasteiger charge is -2.60. The summed E-state index contributed by atoms with van der Waals surface area (Å²) in [6, 6.07) is 7.64. The summed E-state index contributed by atoms with van der Waals surface area (Å²) in [5.41, 5.74) is 0.377. The summed E-state index contributed by atoms with van der Waals surface area (Å²) in [5, 5.41) is 18.5. The van der Waals surface area contributed by atoms with Crippen LogP contribution in [0.15, 0.2) is 30.5 Å². The van der Waals surface area contributed by atoms with E-state index < -0.39 is 19.1 Å². The predicted octanol–water partition coefficient (Wildman–Crippen LogP) is 5.62. The van der Waals surface area contributed by atoms with Gasteiger partial charge in [-0.1, -0.05) is 18.2 Å². The van der Waals surface area contributed by atoms with Gasteiger partial charge in [0.05, 0.1) is 12.7 Å². The van der Waals surface area contributed by atoms with E-state index in [9.17, 15) is 31.6 Å². The first-order valence-corrected chi connectivity index (χ1v) is 12.8. The summed E-state index contributed by atoms with van der Waals surface area (Å²) in [6.07, 6.45) is -3.29. The molecule has 7 nitrogen and oxygen atoms in total. The summed E-state index contributed by atoms with van der Waals surface area (Å²) in [5.74, 6) is 0.923. The van der Waals surface area contributed by atoms with Gasteiger partial charge in [-0.3, -0.25) is 0 Å². The molecule has 210 valence electrons. The fourth-order valence-electron chi connectivity index (χ4n) is 6.98. The van der Waals surface area contributed by atoms with E-state index in [-0.39, 0.29) is 52.7 Å². The Morgan fingerprint density at radius 2 is 1.74 bits per heavy atom. The van der Waals surface area contributed by atoms with Crippen molar-refractivity contribution >= 4 is 11.8 Å². The normalized spacial score (nSPS) is 27.7. The van der Waals surface area contributed by atoms with Gasteiger partial charge in [0.2, 0.25) is 5.95 Å². The van der Waals surface area contributed by atoms with Gasteiger partial charge in [-0.2, -0.15) is 23.4 Å². The van der Waals surface area contributed by atoms with Crippen LogP contribution >= 0.6 is 0 Å². The standard InChI is InChI=1S/C26H28F6N6O/c27-25(28,29)14-36-21-17-5-15-6-18(21)9-24(7-15,8-17)13-37-22-19(10-33)12-35-23(38-22)34-11-16-3-1-2-4-20(16)39-26(30,31)32/h1-4,12,15,17-18,21,36H,5-9,11,13-14H2,(H2,34,35,37,38)/t15?,17-,18+,21-,24+. The van der Waals surface area contributed by atoms with Crippen molar-refractivity contribution in [2.75, 3.05) is 23.7 Å². The minimum Gasteiger partial charge on any atom is -0.405 e. The number of nitrogens with zero attached hydrogens (tertiary/aromatic N) is 3. The molecule has 1 aromatic carbocycles. The fourth-order valence-corrected chi connectivity index (χ4v) is 6.98. The highest BCUT2D eigenvalue weighted by atomic mass is 19.4. The molecular weight excluding hydrogens is 526 g/mol. The number of para-hydroxylation sites is 1. The molecule has 2 aromatic rings. The lowest BCUT2D eigenvalue weighted by Crippen LogP contribution is -2.60. The van der Waals surface area contributed by atoms with E-state index in [1.54, 1.807) is 6.07 Å². The molecule has 0 aliphatic heterocycles. The third-order valence-corrected chi connectivity index (χ3v) is 8.11. The van der Waals surface area contributed by atoms with E-state index >= 15 is 0 Å². The number of hydrogen-bond acceptors (Lipinski definition) is 7. The molecule has 5 atom stereocenters. The maximum Gasteiger partial charge on any atom is 0.573 e. The average molecular weight is 555 g/mol. The quantitative estimate of drug-likeness (QED) is 0.347. The number of rotatable bonds is 9. The van der Waals surface area contributed by atoms with Crippen LogP contribution < -0.4 is 20.7 Å². The monoisotopic (exact) mass is 554 g/mol. The lowest BCUT2D eigenvalue weighted by atomic mass is 9.48. The second kappa shape index (κ2) is 10.4. The van der Waals surface area contributed by atoms with Gasteiger partial charge in [-0.15, -0.1) is 13.2 Å². The largest absolute Gasteiger partial charge is 0.573 e. The van der Waals surface area contributed by atoms with Gasteiger partial charge in [0.25, 0.3) is 0 Å². The number of ether oxygens (including phenoxy) is 1. The third kappa shape index (κ3) is 6.49. The van der Waals surface area contributed by atoms with E-state index in [2.05, 4.69) is 36.7 Å². The van der Waals surface area contributed by atoms with Crippen LogP contribution in [0.2, 0.25) is 0 Å². The van der Waals surface area contributed by atoms with Crippen LogP contribution in [0.4, 0.5) is 38.1 Å². The number of nitrogens with one attached hydrogen (secondary N) is 3. The van der Waals surface area contributed by atoms with Gasteiger partial charge in [0.15, 0.2) is 0 Å². The zero-order valence-electron chi connectivity index (χ0n) is 20.9. The number of benzene rings is 1. The molecule has 6 rings (SSSR count). The highest BCUT2D eigenvalue weighted by molar-refractivity contribution is 5.53. The predicted molar refractivity (Wildman–Crippen MR) is 130 cm³/mol. The minimum atomic E-state index is -4.83. The van der Waals surface area contributed by atoms with Gasteiger partial charge in [-0.05, 0) is 61.3 Å². The molecule has 1 aromatic heterocycles. The van der Waals surface area contributed by atoms with Crippen LogP contribution in [0.25, 0.3) is 0 Å². The Labute approximate surface area is 221 Å². The topological polar surface area (TPSA) is 94.9 Å². The molecule has 13 heteroatoms. The molecule has 1 heterocycles. The van der Waals surface area contributed by atoms with E-state index in [0.717, 1.165) is 32.1 Å². The van der Waals surface area contributed by atoms with Gasteiger partial charge >= 0.3 is 12.5 Å². The Bertz CT molecular complexity index is 1210. The Hall–Kier alpha value is -3.27. The summed E-state index contributed by atoms with van der Waals surface area (Å²) in [7, 11) is 0. The van der Waals surface area contributed by atoms with Crippen LogP contribution in [0.5, 0.6) is 5.75 Å². The number of alkyl halides is 6. The van der Waals surface area contributed by atoms with Crippen molar-refractivity contribution in [3.8, 4) is 11.8 Å². The summed E-state index contributed by atoms with van der Waals surface area (Å²) in [4.78, 5) is 8.50. The molecule has 4 aliphatic carbocycles. The summed E-state index contributed by atoms with van der Waals surface area (Å²) in [6.45, 7) is -0.496. The van der Waals surface area contributed by atoms with Crippen LogP contribution in [0.1, 0.15) is 43.2 Å². The number of nitriles is 1. The maximum atomic E-state index is 12.8. The van der Waals surface area contributed by atoms with Crippen LogP contribution in [-0.4, -0.2) is 41.6 Å². The Morgan fingerprint density at radius 3 is 2.41 bits per heavy atom. The van der Waals surface area contributed by atoms with E-state index in [1.165, 1.54) is 24.4 Å². The van der Waals surface area contributed by atoms with Gasteiger partial charge in [-0.25, -0.2) is 4.98 Å². The van der Waals surface area contributed by atoms with Crippen molar-refractivity contribution in [2.24, 2.45) is 23.2 Å². The molecule has 3 N–H and O–H groups in total. The molecule has 0 saturated heterocycles. The second-order valence-electron chi connectivity index (χ2n) is 10.9. The first-order valence-electron chi connectivity index (χ1n) is 12.8. The Balaban J connectivity index is 1.24. The molecular formula is C26H28F6N6O.